The average Bonchev–Trinajstić information content (AvgIpc) is 1.75. The summed E-state index contributed by atoms with van der Waals surface area (Å²) < 4.78 is 5.25. The number of phenols is 1. The number of amides is 12. The predicted octanol–water partition coefficient (Wildman–Crippen LogP) is 0.223. The summed E-state index contributed by atoms with van der Waals surface area (Å²) >= 11 is 2.86. The summed E-state index contributed by atoms with van der Waals surface area (Å²) in [5.41, 5.74) is 16.0. The molecule has 0 bridgehead atoms. The van der Waals surface area contributed by atoms with E-state index in [4.69, 9.17) is 21.9 Å². The molecule has 2 aliphatic heterocycles. The summed E-state index contributed by atoms with van der Waals surface area (Å²) in [6, 6.07) is -6.47. The second kappa shape index (κ2) is 47.2. The average molecular weight is 1560 g/mol. The van der Waals surface area contributed by atoms with Crippen LogP contribution in [0.5, 0.6) is 5.75 Å². The number of esters is 1. The van der Waals surface area contributed by atoms with Crippen LogP contribution in [0.15, 0.2) is 24.3 Å². The number of carbonyl (C=O) groups excluding carboxylic acids is 17. The Labute approximate surface area is 635 Å². The molecule has 596 valence electrons. The molecule has 33 nitrogen and oxygen atoms in total. The van der Waals surface area contributed by atoms with Crippen LogP contribution in [0, 0.1) is 23.7 Å². The number of likely N-dealkylation sites (tertiary alicyclic amines) is 1. The van der Waals surface area contributed by atoms with Gasteiger partial charge in [0, 0.05) is 88.1 Å². The number of nitrogens with one attached hydrogen (secondary N) is 8. The van der Waals surface area contributed by atoms with Crippen molar-refractivity contribution in [3.8, 4) is 5.75 Å². The minimum absolute atomic E-state index is 0.0140. The van der Waals surface area contributed by atoms with E-state index in [1.54, 1.807) is 34.6 Å². The summed E-state index contributed by atoms with van der Waals surface area (Å²) in [7, 11) is 0. The fourth-order valence-electron chi connectivity index (χ4n) is 11.5. The van der Waals surface area contributed by atoms with Gasteiger partial charge in [-0.25, -0.2) is 0 Å². The Kier molecular flexibility index (Phi) is 40.8. The number of phenolic OH excluding ortho intramolecular Hbond substituents is 1. The van der Waals surface area contributed by atoms with Crippen LogP contribution in [0.2, 0.25) is 0 Å². The molecule has 16 N–H and O–H groups in total. The molecule has 12 amide bonds. The van der Waals surface area contributed by atoms with E-state index in [0.717, 1.165) is 42.2 Å². The van der Waals surface area contributed by atoms with E-state index in [1.807, 2.05) is 13.8 Å². The third-order valence-electron chi connectivity index (χ3n) is 17.2. The second-order valence-corrected chi connectivity index (χ2v) is 31.3. The number of carboxylic acids is 1. The van der Waals surface area contributed by atoms with Gasteiger partial charge in [-0.1, -0.05) is 52.7 Å². The van der Waals surface area contributed by atoms with Gasteiger partial charge in [-0.2, -0.15) is 35.3 Å². The van der Waals surface area contributed by atoms with E-state index in [9.17, 15) is 96.5 Å². The van der Waals surface area contributed by atoms with Gasteiger partial charge in [-0.05, 0) is 95.2 Å². The molecule has 11 atom stereocenters. The maximum atomic E-state index is 14.9. The van der Waals surface area contributed by atoms with Crippen LogP contribution in [-0.2, 0) is 97.5 Å². The normalized spacial score (nSPS) is 22.0. The van der Waals surface area contributed by atoms with E-state index in [1.165, 1.54) is 29.2 Å². The zero-order chi connectivity index (χ0) is 80.3. The molecule has 0 aromatic heterocycles. The van der Waals surface area contributed by atoms with Gasteiger partial charge in [0.1, 0.15) is 71.0 Å². The smallest absolute Gasteiger partial charge is 0.307 e. The number of carboxylic acid groups (broad SMARTS) is 1. The summed E-state index contributed by atoms with van der Waals surface area (Å²) in [6.07, 6.45) is -2.30. The van der Waals surface area contributed by atoms with Crippen molar-refractivity contribution >= 4 is 141 Å². The van der Waals surface area contributed by atoms with E-state index in [2.05, 4.69) is 42.5 Å². The lowest BCUT2D eigenvalue weighted by molar-refractivity contribution is -0.159. The van der Waals surface area contributed by atoms with Crippen LogP contribution in [0.3, 0.4) is 0 Å². The van der Waals surface area contributed by atoms with E-state index in [0.29, 0.717) is 5.56 Å². The Morgan fingerprint density at radius 2 is 1.35 bits per heavy atom. The second-order valence-electron chi connectivity index (χ2n) is 28.3. The SMILES string of the molecule is CC[C@H](C)[C@@H]1NC(=O)[C@H](Cc2ccc(O)cc2)NC(=O)[C@@H](NC(C)=O)CSCC(=O)C[C@@H](C(=O)NCCCC(=O)CSC[C@H](CC(=O)OC(C)(C)C)C(=O)O)CCCCC(=O)CSC[C@@H](C(=O)N2CCC[C@H]2C(=O)N[C@@H](CC(C)C)C(=O)CCC(N)=O)NC(=O)[C@H](CC(N)=O)NC(=O)[C@H](CCC(N)=O)NC1=O. The fraction of sp³-hybridized carbons (Fsp3) is 0.662. The van der Waals surface area contributed by atoms with Gasteiger partial charge in [0.2, 0.25) is 70.9 Å². The Hall–Kier alpha value is -8.67. The number of nitrogens with zero attached hydrogens (tertiary/aromatic N) is 1. The summed E-state index contributed by atoms with van der Waals surface area (Å²) in [5.74, 6) is -18.8. The summed E-state index contributed by atoms with van der Waals surface area (Å²) in [6.45, 7) is 12.9. The molecule has 107 heavy (non-hydrogen) atoms. The quantitative estimate of drug-likeness (QED) is 0.0349. The molecule has 36 heteroatoms. The lowest BCUT2D eigenvalue weighted by Gasteiger charge is -2.31. The third kappa shape index (κ3) is 36.2. The molecule has 1 aromatic rings. The van der Waals surface area contributed by atoms with Gasteiger partial charge in [0.15, 0.2) is 5.78 Å². The molecule has 0 radical (unpaired) electrons. The van der Waals surface area contributed by atoms with E-state index < -0.39 is 192 Å². The Balaban J connectivity index is 2.10. The highest BCUT2D eigenvalue weighted by Gasteiger charge is 2.41. The van der Waals surface area contributed by atoms with Crippen LogP contribution in [0.25, 0.3) is 0 Å². The molecule has 2 aliphatic rings. The van der Waals surface area contributed by atoms with Gasteiger partial charge in [0.05, 0.1) is 42.1 Å². The number of thioether (sulfide) groups is 3. The number of ketones is 4. The van der Waals surface area contributed by atoms with Gasteiger partial charge in [-0.3, -0.25) is 86.3 Å². The van der Waals surface area contributed by atoms with Gasteiger partial charge in [-0.15, -0.1) is 0 Å². The summed E-state index contributed by atoms with van der Waals surface area (Å²) in [4.78, 5) is 245. The van der Waals surface area contributed by atoms with Crippen molar-refractivity contribution in [2.75, 3.05) is 47.6 Å². The highest BCUT2D eigenvalue weighted by atomic mass is 32.2. The Bertz CT molecular complexity index is 3320. The molecule has 2 fully saturated rings. The van der Waals surface area contributed by atoms with Crippen molar-refractivity contribution in [1.82, 2.24) is 47.4 Å². The number of rotatable bonds is 31. The van der Waals surface area contributed by atoms with Crippen molar-refractivity contribution in [1.29, 1.82) is 0 Å². The first-order valence-electron chi connectivity index (χ1n) is 35.8. The van der Waals surface area contributed by atoms with Crippen molar-refractivity contribution in [2.45, 2.75) is 225 Å². The molecule has 1 aromatic carbocycles. The monoisotopic (exact) mass is 1560 g/mol. The molecular weight excluding hydrogens is 1450 g/mol. The topological polar surface area (TPSA) is 534 Å². The first kappa shape index (κ1) is 92.5. The number of aromatic hydroxyl groups is 1. The number of primary amides is 3. The lowest BCUT2D eigenvalue weighted by Crippen LogP contribution is -2.61. The number of nitrogens with two attached hydrogens (primary N) is 3. The summed E-state index contributed by atoms with van der Waals surface area (Å²) in [5, 5.41) is 40.6. The van der Waals surface area contributed by atoms with Crippen molar-refractivity contribution in [3.63, 3.8) is 0 Å². The Morgan fingerprint density at radius 1 is 0.720 bits per heavy atom. The Morgan fingerprint density at radius 3 is 1.96 bits per heavy atom. The molecular formula is C71H108N12O21S3. The fourth-order valence-corrected chi connectivity index (χ4v) is 14.4. The molecule has 0 unspecified atom stereocenters. The molecule has 3 rings (SSSR count). The van der Waals surface area contributed by atoms with E-state index in [-0.39, 0.29) is 161 Å². The van der Waals surface area contributed by atoms with Gasteiger partial charge >= 0.3 is 11.9 Å². The number of Topliss-reactive ketones (excluding diaryl/α,β-unsaturated/α-hetero) is 4. The van der Waals surface area contributed by atoms with Gasteiger partial charge < -0.3 is 79.6 Å². The minimum Gasteiger partial charge on any atom is -0.508 e. The number of hydrogen-bond donors (Lipinski definition) is 13. The van der Waals surface area contributed by atoms with Crippen molar-refractivity contribution in [2.24, 2.45) is 40.9 Å². The van der Waals surface area contributed by atoms with E-state index >= 15 is 0 Å². The van der Waals surface area contributed by atoms with Crippen LogP contribution in [-0.4, -0.2) is 223 Å². The first-order valence-corrected chi connectivity index (χ1v) is 39.3. The zero-order valence-corrected chi connectivity index (χ0v) is 64.6. The highest BCUT2D eigenvalue weighted by molar-refractivity contribution is 8.00. The molecule has 0 spiro atoms. The minimum atomic E-state index is -1.92. The van der Waals surface area contributed by atoms with Crippen LogP contribution < -0.4 is 59.7 Å². The first-order chi connectivity index (χ1) is 50.3. The number of carbonyl (C=O) groups is 18. The number of aliphatic carboxylic acids is 1. The number of hydrogen-bond acceptors (Lipinski definition) is 23. The maximum absolute atomic E-state index is 14.9. The predicted molar refractivity (Wildman–Crippen MR) is 398 cm³/mol. The molecule has 0 saturated carbocycles. The van der Waals surface area contributed by atoms with Crippen LogP contribution in [0.4, 0.5) is 0 Å². The lowest BCUT2D eigenvalue weighted by atomic mass is 9.94. The van der Waals surface area contributed by atoms with Crippen LogP contribution >= 0.6 is 35.3 Å². The third-order valence-corrected chi connectivity index (χ3v) is 20.6. The highest BCUT2D eigenvalue weighted by Crippen LogP contribution is 2.24. The van der Waals surface area contributed by atoms with Gasteiger partial charge in [0.25, 0.3) is 0 Å². The number of ether oxygens (including phenoxy) is 1. The number of benzene rings is 1. The van der Waals surface area contributed by atoms with Crippen LogP contribution in [0.1, 0.15) is 170 Å². The zero-order valence-electron chi connectivity index (χ0n) is 62.2. The van der Waals surface area contributed by atoms with Crippen molar-refractivity contribution < 1.29 is 101 Å². The molecule has 2 saturated heterocycles. The molecule has 2 heterocycles. The maximum Gasteiger partial charge on any atom is 0.307 e. The van der Waals surface area contributed by atoms with Crippen molar-refractivity contribution in [3.05, 3.63) is 29.8 Å². The largest absolute Gasteiger partial charge is 0.508 e. The molecule has 0 aliphatic carbocycles. The standard InChI is InChI=1S/C71H108N12O21S3/c1-9-40(4)61-68(100)77-49(22-24-57(72)90)63(95)80-52(32-59(74)92)64(96)81-54(69(101)83-27-13-17-55(83)67(99)78-50(28-39(2)3)56(89)23-25-58(73)91)38-106-35-46(86)15-11-10-14-43(62(94)75-26-12-16-47(87)34-105-33-44(70(102)103)31-60(93)104-71(6,7)8)30-48(88)36-107-37-53(76-41(5)84)66(98)79-51(65(97)82-61)29-42-18-20-45(85)21-19-42/h18-21,39-40,43-44,49-55,61,85H,9-17,22-38H2,1-8H3,(H2,72,90)(H2,73,91)(H2,74,92)(H,75,94)(H,76,84)(H,77,100)(H,78,99)(H,79,98)(H,80,95)(H,81,96)(H,82,97)(H,102,103)/t40-,43-,44-,49-,50-,51-,52-,53-,54-,55-,61-/m0/s1.